The van der Waals surface area contributed by atoms with E-state index in [2.05, 4.69) is 11.2 Å². The van der Waals surface area contributed by atoms with E-state index in [0.717, 1.165) is 0 Å². The molecule has 10 N–H and O–H groups in total. The molecule has 2 saturated heterocycles. The molecule has 0 aromatic heterocycles. The van der Waals surface area contributed by atoms with Gasteiger partial charge in [-0.15, -0.1) is 12.3 Å². The molecular formula is C21H33NO15. The number of ether oxygens (including phenoxy) is 4. The lowest BCUT2D eigenvalue weighted by molar-refractivity contribution is -0.338. The third kappa shape index (κ3) is 7.32. The Morgan fingerprint density at radius 3 is 2.38 bits per heavy atom. The molecule has 16 nitrogen and oxygen atoms in total. The van der Waals surface area contributed by atoms with Crippen LogP contribution in [0.15, 0.2) is 0 Å². The molecule has 1 amide bonds. The first-order valence-corrected chi connectivity index (χ1v) is 11.3. The maximum atomic E-state index is 12.2. The minimum Gasteiger partial charge on any atom is -0.477 e. The topological polar surface area (TPSA) is 265 Å². The summed E-state index contributed by atoms with van der Waals surface area (Å²) < 4.78 is 21.4. The van der Waals surface area contributed by atoms with Crippen molar-refractivity contribution >= 4 is 11.9 Å². The maximum absolute atomic E-state index is 12.2. The van der Waals surface area contributed by atoms with Crippen molar-refractivity contribution in [3.8, 4) is 12.3 Å². The number of hydrogen-bond acceptors (Lipinski definition) is 14. The number of terminal acetylenes is 1. The van der Waals surface area contributed by atoms with E-state index >= 15 is 0 Å². The Morgan fingerprint density at radius 2 is 1.81 bits per heavy atom. The fraction of sp³-hybridized carbons (Fsp3) is 0.810. The van der Waals surface area contributed by atoms with Crippen molar-refractivity contribution in [2.45, 2.75) is 79.8 Å². The van der Waals surface area contributed by atoms with Crippen molar-refractivity contribution < 1.29 is 74.5 Å². The fourth-order valence-corrected chi connectivity index (χ4v) is 3.92. The van der Waals surface area contributed by atoms with Crippen LogP contribution in [0.1, 0.15) is 12.8 Å². The van der Waals surface area contributed by atoms with Crippen LogP contribution >= 0.6 is 0 Å². The number of carboxylic acid groups (broad SMARTS) is 1. The van der Waals surface area contributed by atoms with Gasteiger partial charge in [-0.1, -0.05) is 0 Å². The molecule has 0 aromatic rings. The summed E-state index contributed by atoms with van der Waals surface area (Å²) in [6.07, 6.45) is -11.4. The molecule has 16 heteroatoms. The summed E-state index contributed by atoms with van der Waals surface area (Å²) in [4.78, 5) is 23.9. The van der Waals surface area contributed by atoms with Crippen molar-refractivity contribution in [1.29, 1.82) is 0 Å². The van der Waals surface area contributed by atoms with Crippen LogP contribution in [0.4, 0.5) is 0 Å². The summed E-state index contributed by atoms with van der Waals surface area (Å²) in [5.41, 5.74) is 0. The van der Waals surface area contributed by atoms with E-state index in [0.29, 0.717) is 0 Å². The molecule has 2 aliphatic rings. The van der Waals surface area contributed by atoms with Crippen molar-refractivity contribution in [2.75, 3.05) is 26.4 Å². The number of aliphatic hydroxyl groups is 8. The molecule has 0 unspecified atom stereocenters. The first kappa shape index (κ1) is 31.2. The zero-order valence-corrected chi connectivity index (χ0v) is 19.6. The Morgan fingerprint density at radius 1 is 1.14 bits per heavy atom. The number of carboxylic acids is 1. The first-order chi connectivity index (χ1) is 17.4. The van der Waals surface area contributed by atoms with Gasteiger partial charge in [0.25, 0.3) is 5.79 Å². The lowest BCUT2D eigenvalue weighted by atomic mass is 9.88. The predicted octanol–water partition coefficient (Wildman–Crippen LogP) is -6.03. The number of carbonyl (C=O) groups excluding carboxylic acids is 1. The standard InChI is InChI=1S/C21H33NO15/c1-2-3-4-34-19-17(31)16(30)15(29)11(36-19)8-35-21(20(32)33)5-9(25)13(22-12(27)7-24)18(37-21)14(28)10(26)6-23/h1,9-11,13-19,23-26,28-31H,3-8H2,(H,22,27)(H,32,33)/t9-,10+,11+,13+,14+,15-,16-,17+,18+,19+,21-/m0/s1. The molecule has 0 bridgehead atoms. The average Bonchev–Trinajstić information content (AvgIpc) is 2.88. The monoisotopic (exact) mass is 539 g/mol. The number of rotatable bonds is 12. The number of hydrogen-bond donors (Lipinski definition) is 10. The number of nitrogens with one attached hydrogen (secondary N) is 1. The van der Waals surface area contributed by atoms with Crippen LogP contribution in [0.2, 0.25) is 0 Å². The van der Waals surface area contributed by atoms with Gasteiger partial charge in [0.15, 0.2) is 6.29 Å². The molecule has 2 rings (SSSR count). The Balaban J connectivity index is 2.26. The Kier molecular flexibility index (Phi) is 11.6. The summed E-state index contributed by atoms with van der Waals surface area (Å²) in [5, 5.41) is 91.7. The SMILES string of the molecule is C#CCCO[C@@H]1O[C@H](CO[C@@]2(C(=O)O)C[C@H](O)[C@@H](NC(=O)CO)[C@H]([C@H](O)[C@H](O)CO)O2)[C@H](O)[C@H](O)[C@H]1O. The summed E-state index contributed by atoms with van der Waals surface area (Å²) >= 11 is 0. The van der Waals surface area contributed by atoms with Crippen LogP contribution < -0.4 is 5.32 Å². The molecule has 0 radical (unpaired) electrons. The van der Waals surface area contributed by atoms with Gasteiger partial charge in [0.2, 0.25) is 5.91 Å². The van der Waals surface area contributed by atoms with Crippen LogP contribution in [0.3, 0.4) is 0 Å². The van der Waals surface area contributed by atoms with Crippen molar-refractivity contribution in [1.82, 2.24) is 5.32 Å². The second-order valence-electron chi connectivity index (χ2n) is 8.55. The van der Waals surface area contributed by atoms with Crippen molar-refractivity contribution in [3.63, 3.8) is 0 Å². The van der Waals surface area contributed by atoms with Crippen LogP contribution in [-0.2, 0) is 28.5 Å². The Bertz CT molecular complexity index is 807. The number of aliphatic hydroxyl groups excluding tert-OH is 8. The zero-order valence-electron chi connectivity index (χ0n) is 19.6. The van der Waals surface area contributed by atoms with E-state index < -0.39 is 105 Å². The molecule has 0 saturated carbocycles. The second-order valence-corrected chi connectivity index (χ2v) is 8.55. The lowest BCUT2D eigenvalue weighted by Crippen LogP contribution is -2.68. The highest BCUT2D eigenvalue weighted by Gasteiger charge is 2.56. The second kappa shape index (κ2) is 13.7. The van der Waals surface area contributed by atoms with E-state index in [9.17, 15) is 50.4 Å². The molecular weight excluding hydrogens is 506 g/mol. The molecule has 0 aromatic carbocycles. The minimum atomic E-state index is -2.75. The third-order valence-electron chi connectivity index (χ3n) is 5.97. The number of amides is 1. The van der Waals surface area contributed by atoms with Gasteiger partial charge in [-0.3, -0.25) is 4.79 Å². The summed E-state index contributed by atoms with van der Waals surface area (Å²) in [5.74, 6) is -3.29. The fourth-order valence-electron chi connectivity index (χ4n) is 3.92. The van der Waals surface area contributed by atoms with Gasteiger partial charge in [-0.05, 0) is 0 Å². The van der Waals surface area contributed by atoms with E-state index in [1.54, 1.807) is 0 Å². The molecule has 11 atom stereocenters. The van der Waals surface area contributed by atoms with E-state index in [1.165, 1.54) is 0 Å². The van der Waals surface area contributed by atoms with Crippen molar-refractivity contribution in [2.24, 2.45) is 0 Å². The van der Waals surface area contributed by atoms with Gasteiger partial charge in [0.05, 0.1) is 32.0 Å². The van der Waals surface area contributed by atoms with Crippen LogP contribution in [0.25, 0.3) is 0 Å². The summed E-state index contributed by atoms with van der Waals surface area (Å²) in [6.45, 7) is -2.90. The zero-order chi connectivity index (χ0) is 27.9. The quantitative estimate of drug-likeness (QED) is 0.0817. The van der Waals surface area contributed by atoms with Gasteiger partial charge in [-0.2, -0.15) is 0 Å². The van der Waals surface area contributed by atoms with Crippen LogP contribution in [0, 0.1) is 12.3 Å². The van der Waals surface area contributed by atoms with Crippen molar-refractivity contribution in [3.05, 3.63) is 0 Å². The molecule has 37 heavy (non-hydrogen) atoms. The highest BCUT2D eigenvalue weighted by atomic mass is 16.7. The Hall–Kier alpha value is -1.98. The maximum Gasteiger partial charge on any atom is 0.364 e. The van der Waals surface area contributed by atoms with Crippen LogP contribution in [0.5, 0.6) is 0 Å². The van der Waals surface area contributed by atoms with Gasteiger partial charge in [0, 0.05) is 12.8 Å². The number of carbonyl (C=O) groups is 2. The van der Waals surface area contributed by atoms with E-state index in [-0.39, 0.29) is 13.0 Å². The molecule has 0 aliphatic carbocycles. The molecule has 2 heterocycles. The summed E-state index contributed by atoms with van der Waals surface area (Å²) in [6, 6.07) is -1.55. The summed E-state index contributed by atoms with van der Waals surface area (Å²) in [7, 11) is 0. The highest BCUT2D eigenvalue weighted by Crippen LogP contribution is 2.34. The van der Waals surface area contributed by atoms with Gasteiger partial charge in [-0.25, -0.2) is 4.79 Å². The van der Waals surface area contributed by atoms with Crippen LogP contribution in [-0.4, -0.2) is 151 Å². The molecule has 2 aliphatic heterocycles. The normalized spacial score (nSPS) is 37.8. The van der Waals surface area contributed by atoms with E-state index in [1.807, 2.05) is 0 Å². The smallest absolute Gasteiger partial charge is 0.364 e. The minimum absolute atomic E-state index is 0.0727. The molecule has 0 spiro atoms. The van der Waals surface area contributed by atoms with Gasteiger partial charge >= 0.3 is 5.97 Å². The average molecular weight is 539 g/mol. The number of aliphatic carboxylic acids is 1. The predicted molar refractivity (Wildman–Crippen MR) is 116 cm³/mol. The molecule has 2 fully saturated rings. The largest absolute Gasteiger partial charge is 0.477 e. The third-order valence-corrected chi connectivity index (χ3v) is 5.97. The first-order valence-electron chi connectivity index (χ1n) is 11.3. The highest BCUT2D eigenvalue weighted by molar-refractivity contribution is 5.78. The molecule has 212 valence electrons. The van der Waals surface area contributed by atoms with E-state index in [4.69, 9.17) is 30.5 Å². The van der Waals surface area contributed by atoms with Gasteiger partial charge < -0.3 is 70.2 Å². The van der Waals surface area contributed by atoms with Gasteiger partial charge in [0.1, 0.15) is 49.3 Å². The Labute approximate surface area is 211 Å². The lowest BCUT2D eigenvalue weighted by Gasteiger charge is -2.47.